The summed E-state index contributed by atoms with van der Waals surface area (Å²) in [4.78, 5) is 4.97. The van der Waals surface area contributed by atoms with E-state index in [4.69, 9.17) is 38.0 Å². The van der Waals surface area contributed by atoms with Crippen LogP contribution in [0.15, 0.2) is 54.6 Å². The number of hydrogen-bond donors (Lipinski definition) is 0. The maximum Gasteiger partial charge on any atom is 0.218 e. The first-order valence-corrected chi connectivity index (χ1v) is 10.9. The minimum absolute atomic E-state index is 0.546. The zero-order valence-electron chi connectivity index (χ0n) is 17.0. The molecule has 0 spiro atoms. The lowest BCUT2D eigenvalue weighted by Crippen LogP contribution is -2.04. The van der Waals surface area contributed by atoms with E-state index in [1.54, 1.807) is 4.52 Å². The molecule has 30 heavy (non-hydrogen) atoms. The number of halogens is 2. The van der Waals surface area contributed by atoms with Crippen LogP contribution in [0.4, 0.5) is 0 Å². The van der Waals surface area contributed by atoms with Gasteiger partial charge in [-0.2, -0.15) is 9.61 Å². The molecule has 4 rings (SSSR count). The third kappa shape index (κ3) is 4.03. The highest BCUT2D eigenvalue weighted by Gasteiger charge is 2.22. The number of rotatable bonds is 7. The van der Waals surface area contributed by atoms with Crippen molar-refractivity contribution in [2.75, 3.05) is 6.61 Å². The number of benzene rings is 2. The van der Waals surface area contributed by atoms with Gasteiger partial charge in [-0.05, 0) is 43.5 Å². The van der Waals surface area contributed by atoms with Crippen LogP contribution >= 0.6 is 23.2 Å². The van der Waals surface area contributed by atoms with E-state index in [0.717, 1.165) is 53.0 Å². The summed E-state index contributed by atoms with van der Waals surface area (Å²) in [6, 6.07) is 17.4. The maximum absolute atomic E-state index is 6.55. The summed E-state index contributed by atoms with van der Waals surface area (Å²) < 4.78 is 7.71. The summed E-state index contributed by atoms with van der Waals surface area (Å²) in [6.07, 6.45) is 3.06. The Kier molecular flexibility index (Phi) is 6.26. The molecule has 4 aromatic rings. The molecule has 0 amide bonds. The predicted octanol–water partition coefficient (Wildman–Crippen LogP) is 7.11. The zero-order chi connectivity index (χ0) is 21.1. The topological polar surface area (TPSA) is 39.4 Å². The summed E-state index contributed by atoms with van der Waals surface area (Å²) in [5, 5.41) is 6.21. The van der Waals surface area contributed by atoms with Gasteiger partial charge in [0.2, 0.25) is 5.88 Å². The second kappa shape index (κ2) is 9.07. The summed E-state index contributed by atoms with van der Waals surface area (Å²) in [5.41, 5.74) is 5.26. The molecular weight excluding hydrogens is 417 g/mol. The average Bonchev–Trinajstić information content (AvgIpc) is 3.13. The highest BCUT2D eigenvalue weighted by molar-refractivity contribution is 6.33. The van der Waals surface area contributed by atoms with Gasteiger partial charge in [0, 0.05) is 22.3 Å². The van der Waals surface area contributed by atoms with Crippen molar-refractivity contribution < 1.29 is 4.74 Å². The Labute approximate surface area is 186 Å². The molecule has 0 unspecified atom stereocenters. The van der Waals surface area contributed by atoms with E-state index in [2.05, 4.69) is 6.92 Å². The molecule has 0 aliphatic heterocycles. The van der Waals surface area contributed by atoms with Crippen LogP contribution in [0.3, 0.4) is 0 Å². The van der Waals surface area contributed by atoms with Gasteiger partial charge in [0.15, 0.2) is 5.65 Å². The fourth-order valence-corrected chi connectivity index (χ4v) is 3.85. The molecular formula is C24H23Cl2N3O. The molecule has 154 valence electrons. The largest absolute Gasteiger partial charge is 0.478 e. The van der Waals surface area contributed by atoms with Crippen LogP contribution in [0.5, 0.6) is 5.88 Å². The van der Waals surface area contributed by atoms with Gasteiger partial charge in [-0.15, -0.1) is 0 Å². The van der Waals surface area contributed by atoms with E-state index < -0.39 is 0 Å². The van der Waals surface area contributed by atoms with Gasteiger partial charge in [-0.1, -0.05) is 66.9 Å². The van der Waals surface area contributed by atoms with Crippen LogP contribution in [-0.4, -0.2) is 21.2 Å². The third-order valence-corrected chi connectivity index (χ3v) is 5.53. The Hall–Kier alpha value is -2.56. The molecule has 0 radical (unpaired) electrons. The monoisotopic (exact) mass is 439 g/mol. The van der Waals surface area contributed by atoms with E-state index in [-0.39, 0.29) is 0 Å². The quantitative estimate of drug-likeness (QED) is 0.307. The van der Waals surface area contributed by atoms with Crippen molar-refractivity contribution in [3.8, 4) is 28.3 Å². The molecule has 2 aromatic heterocycles. The molecule has 4 nitrogen and oxygen atoms in total. The Balaban J connectivity index is 2.04. The van der Waals surface area contributed by atoms with Crippen LogP contribution in [0.25, 0.3) is 28.0 Å². The molecule has 0 fully saturated rings. The fourth-order valence-electron chi connectivity index (χ4n) is 3.50. The minimum atomic E-state index is 0.546. The van der Waals surface area contributed by atoms with E-state index in [0.29, 0.717) is 22.5 Å². The third-order valence-electron chi connectivity index (χ3n) is 4.95. The van der Waals surface area contributed by atoms with Crippen molar-refractivity contribution in [1.82, 2.24) is 14.6 Å². The number of fused-ring (bicyclic) bond motifs is 1. The second-order valence-electron chi connectivity index (χ2n) is 7.07. The van der Waals surface area contributed by atoms with E-state index >= 15 is 0 Å². The first-order valence-electron chi connectivity index (χ1n) is 10.2. The maximum atomic E-state index is 6.55. The van der Waals surface area contributed by atoms with E-state index in [9.17, 15) is 0 Å². The second-order valence-corrected chi connectivity index (χ2v) is 7.91. The van der Waals surface area contributed by atoms with Crippen LogP contribution in [0.1, 0.15) is 32.4 Å². The van der Waals surface area contributed by atoms with Crippen molar-refractivity contribution >= 4 is 28.8 Å². The van der Waals surface area contributed by atoms with Gasteiger partial charge in [-0.25, -0.2) is 4.98 Å². The van der Waals surface area contributed by atoms with Gasteiger partial charge in [0.05, 0.1) is 17.2 Å². The van der Waals surface area contributed by atoms with Gasteiger partial charge in [-0.3, -0.25) is 0 Å². The zero-order valence-corrected chi connectivity index (χ0v) is 18.5. The molecule has 2 aromatic carbocycles. The first-order chi connectivity index (χ1) is 14.6. The molecule has 0 saturated heterocycles. The lowest BCUT2D eigenvalue weighted by atomic mass is 10.0. The number of aromatic nitrogens is 3. The van der Waals surface area contributed by atoms with Crippen molar-refractivity contribution in [3.63, 3.8) is 0 Å². The van der Waals surface area contributed by atoms with E-state index in [1.165, 1.54) is 0 Å². The summed E-state index contributed by atoms with van der Waals surface area (Å²) in [6.45, 7) is 4.69. The predicted molar refractivity (Wildman–Crippen MR) is 124 cm³/mol. The molecule has 6 heteroatoms. The standard InChI is InChI=1S/C24H23Cl2N3O/c1-3-5-8-18-15-21(30-4-2)29-24(27-18)22(16-11-13-17(25)14-12-16)23(28-29)19-9-6-7-10-20(19)26/h6-7,9-15H,3-5,8H2,1-2H3. The number of unbranched alkanes of at least 4 members (excludes halogenated alkanes) is 1. The fraction of sp³-hybridized carbons (Fsp3) is 0.250. The van der Waals surface area contributed by atoms with Crippen LogP contribution < -0.4 is 4.74 Å². The molecule has 2 heterocycles. The van der Waals surface area contributed by atoms with Crippen molar-refractivity contribution in [2.45, 2.75) is 33.1 Å². The molecule has 0 aliphatic carbocycles. The lowest BCUT2D eigenvalue weighted by molar-refractivity contribution is 0.317. The summed E-state index contributed by atoms with van der Waals surface area (Å²) in [7, 11) is 0. The van der Waals surface area contributed by atoms with Crippen molar-refractivity contribution in [1.29, 1.82) is 0 Å². The van der Waals surface area contributed by atoms with Crippen LogP contribution in [-0.2, 0) is 6.42 Å². The molecule has 0 aliphatic rings. The minimum Gasteiger partial charge on any atom is -0.478 e. The smallest absolute Gasteiger partial charge is 0.218 e. The number of nitrogens with zero attached hydrogens (tertiary/aromatic N) is 3. The summed E-state index contributed by atoms with van der Waals surface area (Å²) >= 11 is 12.7. The Morgan fingerprint density at radius 2 is 1.77 bits per heavy atom. The van der Waals surface area contributed by atoms with Crippen LogP contribution in [0.2, 0.25) is 10.0 Å². The average molecular weight is 440 g/mol. The highest BCUT2D eigenvalue weighted by Crippen LogP contribution is 2.39. The lowest BCUT2D eigenvalue weighted by Gasteiger charge is -2.09. The van der Waals surface area contributed by atoms with Gasteiger partial charge < -0.3 is 4.74 Å². The molecule has 0 saturated carbocycles. The Morgan fingerprint density at radius 1 is 1.00 bits per heavy atom. The molecule has 0 bridgehead atoms. The number of hydrogen-bond acceptors (Lipinski definition) is 3. The first kappa shape index (κ1) is 20.7. The van der Waals surface area contributed by atoms with Gasteiger partial charge >= 0.3 is 0 Å². The SMILES string of the molecule is CCCCc1cc(OCC)n2nc(-c3ccccc3Cl)c(-c3ccc(Cl)cc3)c2n1. The van der Waals surface area contributed by atoms with Crippen LogP contribution in [0, 0.1) is 0 Å². The number of aryl methyl sites for hydroxylation is 1. The molecule has 0 atom stereocenters. The van der Waals surface area contributed by atoms with Gasteiger partial charge in [0.25, 0.3) is 0 Å². The van der Waals surface area contributed by atoms with Gasteiger partial charge in [0.1, 0.15) is 5.69 Å². The molecule has 0 N–H and O–H groups in total. The Bertz CT molecular complexity index is 1170. The Morgan fingerprint density at radius 3 is 2.47 bits per heavy atom. The number of ether oxygens (including phenoxy) is 1. The van der Waals surface area contributed by atoms with E-state index in [1.807, 2.05) is 61.5 Å². The van der Waals surface area contributed by atoms with Crippen molar-refractivity contribution in [2.24, 2.45) is 0 Å². The normalized spacial score (nSPS) is 11.2. The van der Waals surface area contributed by atoms with Crippen molar-refractivity contribution in [3.05, 3.63) is 70.3 Å². The summed E-state index contributed by atoms with van der Waals surface area (Å²) in [5.74, 6) is 0.683. The highest BCUT2D eigenvalue weighted by atomic mass is 35.5.